The van der Waals surface area contributed by atoms with E-state index in [0.717, 1.165) is 31.7 Å². The van der Waals surface area contributed by atoms with Crippen LogP contribution < -0.4 is 15.4 Å². The van der Waals surface area contributed by atoms with Gasteiger partial charge in [-0.15, -0.1) is 0 Å². The molecule has 1 aliphatic rings. The third-order valence-electron chi connectivity index (χ3n) is 3.59. The zero-order valence-electron chi connectivity index (χ0n) is 12.8. The number of hydrogen-bond acceptors (Lipinski definition) is 5. The maximum Gasteiger partial charge on any atom is 0.119 e. The molecule has 1 atom stereocenters. The van der Waals surface area contributed by atoms with Crippen molar-refractivity contribution in [2.45, 2.75) is 18.9 Å². The summed E-state index contributed by atoms with van der Waals surface area (Å²) in [5, 5.41) is 0. The smallest absolute Gasteiger partial charge is 0.119 e. The second kappa shape index (κ2) is 8.87. The second-order valence-corrected chi connectivity index (χ2v) is 5.30. The highest BCUT2D eigenvalue weighted by Gasteiger charge is 2.16. The van der Waals surface area contributed by atoms with Crippen molar-refractivity contribution in [3.8, 4) is 5.75 Å². The molecule has 0 aliphatic carbocycles. The topological polar surface area (TPSA) is 57.0 Å². The van der Waals surface area contributed by atoms with Gasteiger partial charge in [-0.25, -0.2) is 0 Å². The van der Waals surface area contributed by atoms with Crippen molar-refractivity contribution in [1.29, 1.82) is 0 Å². The summed E-state index contributed by atoms with van der Waals surface area (Å²) in [5.74, 6) is 0.871. The summed E-state index contributed by atoms with van der Waals surface area (Å²) >= 11 is 0. The first kappa shape index (κ1) is 16.1. The number of piperidine rings is 1. The van der Waals surface area contributed by atoms with Crippen LogP contribution in [0.5, 0.6) is 5.75 Å². The van der Waals surface area contributed by atoms with E-state index in [4.69, 9.17) is 19.9 Å². The molecule has 0 saturated carbocycles. The molecule has 0 radical (unpaired) electrons. The van der Waals surface area contributed by atoms with Crippen LogP contribution in [0.3, 0.4) is 0 Å². The van der Waals surface area contributed by atoms with Gasteiger partial charge in [-0.1, -0.05) is 0 Å². The first-order valence-corrected chi connectivity index (χ1v) is 7.59. The summed E-state index contributed by atoms with van der Waals surface area (Å²) in [5.41, 5.74) is 7.24. The number of nitrogens with two attached hydrogens (primary N) is 1. The normalized spacial score (nSPS) is 18.8. The van der Waals surface area contributed by atoms with Crippen molar-refractivity contribution in [2.75, 3.05) is 51.5 Å². The molecule has 5 heteroatoms. The van der Waals surface area contributed by atoms with E-state index in [0.29, 0.717) is 32.5 Å². The van der Waals surface area contributed by atoms with Gasteiger partial charge >= 0.3 is 0 Å². The van der Waals surface area contributed by atoms with Crippen LogP contribution in [0.2, 0.25) is 0 Å². The summed E-state index contributed by atoms with van der Waals surface area (Å²) in [6.07, 6.45) is 2.29. The lowest BCUT2D eigenvalue weighted by molar-refractivity contribution is 0.0544. The molecule has 5 nitrogen and oxygen atoms in total. The molecular weight excluding hydrogens is 268 g/mol. The van der Waals surface area contributed by atoms with Crippen molar-refractivity contribution in [2.24, 2.45) is 5.73 Å². The Morgan fingerprint density at radius 1 is 1.14 bits per heavy atom. The molecule has 0 bridgehead atoms. The Hall–Kier alpha value is -1.30. The summed E-state index contributed by atoms with van der Waals surface area (Å²) < 4.78 is 15.9. The molecule has 2 rings (SSSR count). The predicted molar refractivity (Wildman–Crippen MR) is 84.1 cm³/mol. The van der Waals surface area contributed by atoms with Gasteiger partial charge in [-0.3, -0.25) is 0 Å². The average molecular weight is 294 g/mol. The minimum absolute atomic E-state index is 0.291. The zero-order valence-corrected chi connectivity index (χ0v) is 12.8. The second-order valence-electron chi connectivity index (χ2n) is 5.30. The van der Waals surface area contributed by atoms with Crippen molar-refractivity contribution in [3.05, 3.63) is 24.3 Å². The molecule has 1 heterocycles. The first-order valence-electron chi connectivity index (χ1n) is 7.59. The number of nitrogens with zero attached hydrogens (tertiary/aromatic N) is 1. The molecule has 118 valence electrons. The Kier molecular flexibility index (Phi) is 6.79. The van der Waals surface area contributed by atoms with Crippen molar-refractivity contribution in [1.82, 2.24) is 0 Å². The molecule has 21 heavy (non-hydrogen) atoms. The van der Waals surface area contributed by atoms with Crippen LogP contribution in [-0.2, 0) is 9.47 Å². The van der Waals surface area contributed by atoms with E-state index in [1.54, 1.807) is 7.11 Å². The fourth-order valence-electron chi connectivity index (χ4n) is 2.46. The summed E-state index contributed by atoms with van der Waals surface area (Å²) in [7, 11) is 1.66. The highest BCUT2D eigenvalue weighted by molar-refractivity contribution is 5.49. The van der Waals surface area contributed by atoms with Crippen LogP contribution in [0, 0.1) is 0 Å². The maximum atomic E-state index is 6.02. The lowest BCUT2D eigenvalue weighted by Gasteiger charge is -2.32. The fourth-order valence-corrected chi connectivity index (χ4v) is 2.46. The third kappa shape index (κ3) is 5.53. The van der Waals surface area contributed by atoms with Crippen LogP contribution in [0.25, 0.3) is 0 Å². The van der Waals surface area contributed by atoms with Crippen LogP contribution in [0.1, 0.15) is 12.8 Å². The summed E-state index contributed by atoms with van der Waals surface area (Å²) in [6, 6.07) is 8.49. The van der Waals surface area contributed by atoms with Gasteiger partial charge in [-0.05, 0) is 37.1 Å². The van der Waals surface area contributed by atoms with Crippen LogP contribution in [-0.4, -0.2) is 52.7 Å². The first-order chi connectivity index (χ1) is 10.3. The molecule has 1 saturated heterocycles. The van der Waals surface area contributed by atoms with E-state index >= 15 is 0 Å². The maximum absolute atomic E-state index is 6.02. The number of hydrogen-bond donors (Lipinski definition) is 1. The van der Waals surface area contributed by atoms with Gasteiger partial charge in [-0.2, -0.15) is 0 Å². The highest BCUT2D eigenvalue weighted by Crippen LogP contribution is 2.22. The van der Waals surface area contributed by atoms with Crippen LogP contribution >= 0.6 is 0 Å². The van der Waals surface area contributed by atoms with Crippen molar-refractivity contribution in [3.63, 3.8) is 0 Å². The third-order valence-corrected chi connectivity index (χ3v) is 3.59. The fraction of sp³-hybridized carbons (Fsp3) is 0.625. The van der Waals surface area contributed by atoms with E-state index in [-0.39, 0.29) is 0 Å². The Morgan fingerprint density at radius 2 is 1.90 bits per heavy atom. The molecule has 1 aliphatic heterocycles. The standard InChI is InChI=1S/C16H26N2O3/c1-19-9-10-20-11-12-21-16-6-4-15(5-7-16)18-8-2-3-14(17)13-18/h4-7,14H,2-3,8-13,17H2,1H3. The molecule has 1 unspecified atom stereocenters. The monoisotopic (exact) mass is 294 g/mol. The molecular formula is C16H26N2O3. The Balaban J connectivity index is 1.71. The SMILES string of the molecule is COCCOCCOc1ccc(N2CCCC(N)C2)cc1. The average Bonchev–Trinajstić information content (AvgIpc) is 2.51. The van der Waals surface area contributed by atoms with Gasteiger partial charge in [0.05, 0.1) is 19.8 Å². The Bertz CT molecular complexity index is 397. The highest BCUT2D eigenvalue weighted by atomic mass is 16.5. The lowest BCUT2D eigenvalue weighted by Crippen LogP contribution is -2.42. The summed E-state index contributed by atoms with van der Waals surface area (Å²) in [6.45, 7) is 4.37. The van der Waals surface area contributed by atoms with Crippen LogP contribution in [0.4, 0.5) is 5.69 Å². The lowest BCUT2D eigenvalue weighted by atomic mass is 10.1. The van der Waals surface area contributed by atoms with Gasteiger partial charge in [0.15, 0.2) is 0 Å². The minimum atomic E-state index is 0.291. The van der Waals surface area contributed by atoms with E-state index in [1.165, 1.54) is 5.69 Å². The molecule has 0 spiro atoms. The van der Waals surface area contributed by atoms with Gasteiger partial charge in [0, 0.05) is 31.9 Å². The molecule has 2 N–H and O–H groups in total. The number of anilines is 1. The molecule has 0 aromatic heterocycles. The molecule has 1 aromatic rings. The van der Waals surface area contributed by atoms with Crippen molar-refractivity contribution < 1.29 is 14.2 Å². The van der Waals surface area contributed by atoms with E-state index in [2.05, 4.69) is 17.0 Å². The molecule has 1 fully saturated rings. The van der Waals surface area contributed by atoms with E-state index < -0.39 is 0 Å². The van der Waals surface area contributed by atoms with Gasteiger partial charge in [0.25, 0.3) is 0 Å². The number of rotatable bonds is 8. The van der Waals surface area contributed by atoms with Gasteiger partial charge in [0.1, 0.15) is 12.4 Å². The molecule has 0 amide bonds. The largest absolute Gasteiger partial charge is 0.491 e. The summed E-state index contributed by atoms with van der Waals surface area (Å²) in [4.78, 5) is 2.34. The molecule has 1 aromatic carbocycles. The predicted octanol–water partition coefficient (Wildman–Crippen LogP) is 1.66. The van der Waals surface area contributed by atoms with E-state index in [9.17, 15) is 0 Å². The number of benzene rings is 1. The zero-order chi connectivity index (χ0) is 14.9. The number of methoxy groups -OCH3 is 1. The van der Waals surface area contributed by atoms with Crippen LogP contribution in [0.15, 0.2) is 24.3 Å². The Morgan fingerprint density at radius 3 is 2.62 bits per heavy atom. The Labute approximate surface area is 127 Å². The van der Waals surface area contributed by atoms with Crippen molar-refractivity contribution >= 4 is 5.69 Å². The van der Waals surface area contributed by atoms with Gasteiger partial charge in [0.2, 0.25) is 0 Å². The minimum Gasteiger partial charge on any atom is -0.491 e. The van der Waals surface area contributed by atoms with Gasteiger partial charge < -0.3 is 24.8 Å². The van der Waals surface area contributed by atoms with E-state index in [1.807, 2.05) is 12.1 Å². The quantitative estimate of drug-likeness (QED) is 0.739. The number of ether oxygens (including phenoxy) is 3.